The Balaban J connectivity index is 1.59. The van der Waals surface area contributed by atoms with Crippen molar-refractivity contribution in [1.29, 1.82) is 0 Å². The van der Waals surface area contributed by atoms with Gasteiger partial charge in [0.2, 0.25) is 5.91 Å². The van der Waals surface area contributed by atoms with Crippen LogP contribution in [0.15, 0.2) is 59.5 Å². The van der Waals surface area contributed by atoms with E-state index < -0.39 is 24.2 Å². The van der Waals surface area contributed by atoms with E-state index in [4.69, 9.17) is 12.2 Å². The summed E-state index contributed by atoms with van der Waals surface area (Å²) in [6.07, 6.45) is 0.195. The number of hydrogen-bond acceptors (Lipinski definition) is 5. The molecule has 5 atom stereocenters. The number of anilines is 1. The number of nitrogens with zero attached hydrogens (tertiary/aromatic N) is 1. The lowest BCUT2D eigenvalue weighted by atomic mass is 9.77. The van der Waals surface area contributed by atoms with Crippen molar-refractivity contribution in [2.45, 2.75) is 42.2 Å². The number of fused-ring (bicyclic) bond motifs is 1. The van der Waals surface area contributed by atoms with Crippen LogP contribution in [0.25, 0.3) is 0 Å². The quantitative estimate of drug-likeness (QED) is 0.415. The highest BCUT2D eigenvalue weighted by molar-refractivity contribution is 7.98. The average molecular weight is 444 g/mol. The van der Waals surface area contributed by atoms with E-state index in [-0.39, 0.29) is 18.4 Å². The van der Waals surface area contributed by atoms with Gasteiger partial charge in [-0.05, 0) is 54.7 Å². The summed E-state index contributed by atoms with van der Waals surface area (Å²) >= 11 is 7.21. The number of nitrogens with one attached hydrogen (secondary N) is 2. The zero-order chi connectivity index (χ0) is 21.3. The topological polar surface area (TPSA) is 84.8 Å². The molecule has 1 saturated heterocycles. The molecule has 1 aliphatic heterocycles. The molecule has 5 unspecified atom stereocenters. The molecular weight excluding hydrogens is 418 g/mol. The SMILES string of the molecule is CSc1ccc(N2C(=S)NC3C(O)C(O)CC(C(=O)NCc4ccccc4)C32)cc1. The Morgan fingerprint density at radius 2 is 1.90 bits per heavy atom. The highest BCUT2D eigenvalue weighted by atomic mass is 32.2. The summed E-state index contributed by atoms with van der Waals surface area (Å²) < 4.78 is 0. The zero-order valence-corrected chi connectivity index (χ0v) is 18.2. The molecular formula is C22H25N3O3S2. The molecule has 1 aliphatic carbocycles. The van der Waals surface area contributed by atoms with Gasteiger partial charge in [0, 0.05) is 17.1 Å². The molecule has 2 fully saturated rings. The van der Waals surface area contributed by atoms with Crippen molar-refractivity contribution in [3.05, 3.63) is 60.2 Å². The minimum Gasteiger partial charge on any atom is -0.390 e. The zero-order valence-electron chi connectivity index (χ0n) is 16.6. The first-order valence-corrected chi connectivity index (χ1v) is 11.5. The molecule has 4 rings (SSSR count). The Hall–Kier alpha value is -2.13. The number of aliphatic hydroxyl groups is 2. The number of amides is 1. The van der Waals surface area contributed by atoms with Crippen molar-refractivity contribution in [3.63, 3.8) is 0 Å². The van der Waals surface area contributed by atoms with E-state index in [1.165, 1.54) is 0 Å². The normalized spacial score (nSPS) is 28.0. The maximum Gasteiger partial charge on any atom is 0.225 e. The Kier molecular flexibility index (Phi) is 6.29. The minimum absolute atomic E-state index is 0.156. The first-order valence-electron chi connectivity index (χ1n) is 9.91. The molecule has 0 radical (unpaired) electrons. The highest BCUT2D eigenvalue weighted by Gasteiger charge is 2.53. The highest BCUT2D eigenvalue weighted by Crippen LogP contribution is 2.37. The molecule has 6 nitrogen and oxygen atoms in total. The summed E-state index contributed by atoms with van der Waals surface area (Å²) in [5, 5.41) is 27.6. The standard InChI is InChI=1S/C22H25N3O3S2/c1-30-15-9-7-14(8-10-15)25-19-16(11-17(26)20(27)18(19)24-22(25)29)21(28)23-12-13-5-3-2-4-6-13/h2-10,16-20,26-27H,11-12H2,1H3,(H,23,28)(H,24,29). The number of thioether (sulfide) groups is 1. The van der Waals surface area contributed by atoms with Crippen LogP contribution in [0.4, 0.5) is 5.69 Å². The van der Waals surface area contributed by atoms with E-state index in [9.17, 15) is 15.0 Å². The van der Waals surface area contributed by atoms with Crippen LogP contribution in [-0.4, -0.2) is 51.8 Å². The summed E-state index contributed by atoms with van der Waals surface area (Å²) in [5.41, 5.74) is 1.87. The van der Waals surface area contributed by atoms with E-state index in [0.29, 0.717) is 11.7 Å². The van der Waals surface area contributed by atoms with Gasteiger partial charge in [0.05, 0.1) is 24.1 Å². The molecule has 2 aromatic carbocycles. The second-order valence-electron chi connectivity index (χ2n) is 7.64. The summed E-state index contributed by atoms with van der Waals surface area (Å²) in [4.78, 5) is 16.2. The van der Waals surface area contributed by atoms with E-state index in [1.807, 2.05) is 65.8 Å². The third kappa shape index (κ3) is 4.05. The molecule has 30 heavy (non-hydrogen) atoms. The van der Waals surface area contributed by atoms with Crippen LogP contribution in [-0.2, 0) is 11.3 Å². The third-order valence-electron chi connectivity index (χ3n) is 5.84. The van der Waals surface area contributed by atoms with Gasteiger partial charge in [-0.25, -0.2) is 0 Å². The summed E-state index contributed by atoms with van der Waals surface area (Å²) in [6, 6.07) is 16.7. The van der Waals surface area contributed by atoms with Crippen LogP contribution in [0.5, 0.6) is 0 Å². The van der Waals surface area contributed by atoms with Crippen molar-refractivity contribution in [1.82, 2.24) is 10.6 Å². The number of carbonyl (C=O) groups excluding carboxylic acids is 1. The molecule has 8 heteroatoms. The molecule has 1 saturated carbocycles. The molecule has 0 aromatic heterocycles. The van der Waals surface area contributed by atoms with E-state index in [1.54, 1.807) is 11.8 Å². The Morgan fingerprint density at radius 1 is 1.20 bits per heavy atom. The average Bonchev–Trinajstić information content (AvgIpc) is 3.12. The van der Waals surface area contributed by atoms with Crippen molar-refractivity contribution in [2.24, 2.45) is 5.92 Å². The van der Waals surface area contributed by atoms with Gasteiger partial charge in [0.1, 0.15) is 6.10 Å². The molecule has 2 aliphatic rings. The molecule has 1 amide bonds. The van der Waals surface area contributed by atoms with Crippen molar-refractivity contribution in [2.75, 3.05) is 11.2 Å². The fraction of sp³-hybridized carbons (Fsp3) is 0.364. The van der Waals surface area contributed by atoms with Gasteiger partial charge in [-0.2, -0.15) is 0 Å². The Morgan fingerprint density at radius 3 is 2.57 bits per heavy atom. The number of carbonyl (C=O) groups is 1. The van der Waals surface area contributed by atoms with Crippen LogP contribution in [0.1, 0.15) is 12.0 Å². The van der Waals surface area contributed by atoms with Crippen molar-refractivity contribution < 1.29 is 15.0 Å². The number of hydrogen-bond donors (Lipinski definition) is 4. The van der Waals surface area contributed by atoms with Crippen molar-refractivity contribution in [3.8, 4) is 0 Å². The lowest BCUT2D eigenvalue weighted by molar-refractivity contribution is -0.131. The Labute approximate surface area is 185 Å². The van der Waals surface area contributed by atoms with Crippen LogP contribution in [0, 0.1) is 5.92 Å². The fourth-order valence-electron chi connectivity index (χ4n) is 4.30. The molecule has 0 spiro atoms. The van der Waals surface area contributed by atoms with Crippen LogP contribution >= 0.6 is 24.0 Å². The minimum atomic E-state index is -0.999. The van der Waals surface area contributed by atoms with Gasteiger partial charge in [0.25, 0.3) is 0 Å². The summed E-state index contributed by atoms with van der Waals surface area (Å²) in [5.74, 6) is -0.678. The second-order valence-corrected chi connectivity index (χ2v) is 8.90. The monoisotopic (exact) mass is 443 g/mol. The predicted octanol–water partition coefficient (Wildman–Crippen LogP) is 1.90. The van der Waals surface area contributed by atoms with Crippen LogP contribution in [0.2, 0.25) is 0 Å². The molecule has 2 aromatic rings. The van der Waals surface area contributed by atoms with Crippen LogP contribution in [0.3, 0.4) is 0 Å². The number of rotatable bonds is 5. The smallest absolute Gasteiger partial charge is 0.225 e. The molecule has 158 valence electrons. The maximum atomic E-state index is 13.1. The fourth-order valence-corrected chi connectivity index (χ4v) is 5.07. The van der Waals surface area contributed by atoms with Gasteiger partial charge < -0.3 is 25.7 Å². The van der Waals surface area contributed by atoms with E-state index in [0.717, 1.165) is 16.1 Å². The molecule has 1 heterocycles. The first-order chi connectivity index (χ1) is 14.5. The Bertz CT molecular complexity index is 910. The largest absolute Gasteiger partial charge is 0.390 e. The molecule has 4 N–H and O–H groups in total. The summed E-state index contributed by atoms with van der Waals surface area (Å²) in [7, 11) is 0. The van der Waals surface area contributed by atoms with Gasteiger partial charge in [-0.3, -0.25) is 4.79 Å². The first kappa shape index (κ1) is 21.1. The van der Waals surface area contributed by atoms with Gasteiger partial charge in [-0.1, -0.05) is 30.3 Å². The maximum absolute atomic E-state index is 13.1. The number of aliphatic hydroxyl groups excluding tert-OH is 2. The van der Waals surface area contributed by atoms with Gasteiger partial charge in [0.15, 0.2) is 5.11 Å². The lowest BCUT2D eigenvalue weighted by Crippen LogP contribution is -2.60. The van der Waals surface area contributed by atoms with Gasteiger partial charge >= 0.3 is 0 Å². The van der Waals surface area contributed by atoms with Crippen LogP contribution < -0.4 is 15.5 Å². The second kappa shape index (κ2) is 8.93. The number of thiocarbonyl (C=S) groups is 1. The van der Waals surface area contributed by atoms with Gasteiger partial charge in [-0.15, -0.1) is 11.8 Å². The lowest BCUT2D eigenvalue weighted by Gasteiger charge is -2.41. The van der Waals surface area contributed by atoms with E-state index in [2.05, 4.69) is 10.6 Å². The summed E-state index contributed by atoms with van der Waals surface area (Å²) in [6.45, 7) is 0.409. The third-order valence-corrected chi connectivity index (χ3v) is 6.90. The number of benzene rings is 2. The van der Waals surface area contributed by atoms with E-state index >= 15 is 0 Å². The van der Waals surface area contributed by atoms with Crippen molar-refractivity contribution >= 4 is 40.7 Å². The molecule has 0 bridgehead atoms. The predicted molar refractivity (Wildman–Crippen MR) is 122 cm³/mol.